The third-order valence-corrected chi connectivity index (χ3v) is 4.73. The molecule has 1 heterocycles. The Morgan fingerprint density at radius 2 is 1.71 bits per heavy atom. The first-order valence-electron chi connectivity index (χ1n) is 9.79. The van der Waals surface area contributed by atoms with E-state index in [4.69, 9.17) is 9.84 Å². The molecule has 0 fully saturated rings. The maximum Gasteiger partial charge on any atom is 0.416 e. The minimum absolute atomic E-state index is 0.0566. The number of aliphatic carboxylic acids is 1. The number of hydrogen-bond acceptors (Lipinski definition) is 4. The Hall–Kier alpha value is -3.70. The highest BCUT2D eigenvalue weighted by molar-refractivity contribution is 5.99. The van der Waals surface area contributed by atoms with Crippen molar-refractivity contribution in [3.05, 3.63) is 64.8 Å². The molecule has 0 aliphatic heterocycles. The minimum atomic E-state index is -4.95. The number of hydrogen-bond donors (Lipinski definition) is 1. The van der Waals surface area contributed by atoms with Crippen LogP contribution in [0, 0.1) is 0 Å². The average molecular weight is 488 g/mol. The molecule has 3 rings (SSSR count). The van der Waals surface area contributed by atoms with Gasteiger partial charge in [0.2, 0.25) is 6.61 Å². The highest BCUT2D eigenvalue weighted by Crippen LogP contribution is 2.36. The number of ether oxygens (including phenoxy) is 1. The molecule has 0 saturated carbocycles. The number of nitrogens with zero attached hydrogens (tertiary/aromatic N) is 2. The summed E-state index contributed by atoms with van der Waals surface area (Å²) in [7, 11) is 0. The molecule has 0 radical (unpaired) electrons. The number of carbonyl (C=O) groups is 1. The summed E-state index contributed by atoms with van der Waals surface area (Å²) < 4.78 is 85.7. The number of oxime groups is 1. The van der Waals surface area contributed by atoms with E-state index < -0.39 is 42.7 Å². The van der Waals surface area contributed by atoms with Gasteiger partial charge in [0.05, 0.1) is 17.3 Å². The number of alkyl halides is 6. The number of rotatable bonds is 8. The Bertz CT molecular complexity index is 1180. The minimum Gasteiger partial charge on any atom is -0.489 e. The third-order valence-electron chi connectivity index (χ3n) is 4.73. The molecule has 12 heteroatoms. The van der Waals surface area contributed by atoms with Crippen molar-refractivity contribution in [3.8, 4) is 5.75 Å². The second-order valence-corrected chi connectivity index (χ2v) is 7.15. The number of fused-ring (bicyclic) bond motifs is 1. The molecular formula is C22H18F6N2O4. The largest absolute Gasteiger partial charge is 0.489 e. The van der Waals surface area contributed by atoms with Gasteiger partial charge in [-0.05, 0) is 48.9 Å². The van der Waals surface area contributed by atoms with Gasteiger partial charge >= 0.3 is 18.3 Å². The number of aryl methyl sites for hydroxylation is 1. The smallest absolute Gasteiger partial charge is 0.416 e. The molecule has 34 heavy (non-hydrogen) atoms. The summed E-state index contributed by atoms with van der Waals surface area (Å²) in [6, 6.07) is 6.04. The first kappa shape index (κ1) is 24.9. The second-order valence-electron chi connectivity index (χ2n) is 7.15. The van der Waals surface area contributed by atoms with Crippen molar-refractivity contribution in [1.82, 2.24) is 4.57 Å². The summed E-state index contributed by atoms with van der Waals surface area (Å²) in [5.74, 6) is -1.000. The molecule has 1 aromatic heterocycles. The van der Waals surface area contributed by atoms with Crippen molar-refractivity contribution in [2.24, 2.45) is 5.16 Å². The number of halogens is 6. The van der Waals surface area contributed by atoms with Crippen LogP contribution in [-0.2, 0) is 35.1 Å². The Labute approximate surface area is 189 Å². The van der Waals surface area contributed by atoms with Crippen molar-refractivity contribution >= 4 is 23.1 Å². The van der Waals surface area contributed by atoms with Crippen molar-refractivity contribution in [3.63, 3.8) is 0 Å². The standard InChI is InChI=1S/C22H18F6N2O4/c1-2-30-10-14(9-29-34-12-20(31)32)18-8-17(3-4-19(18)30)33-11-13-5-15(21(23,24)25)7-16(6-13)22(26,27)28/h3-10H,2,11-12H2,1H3,(H,31,32). The van der Waals surface area contributed by atoms with Crippen molar-refractivity contribution in [2.75, 3.05) is 6.61 Å². The zero-order chi connectivity index (χ0) is 25.1. The molecule has 0 amide bonds. The molecule has 1 N–H and O–H groups in total. The Balaban J connectivity index is 1.88. The number of carboxylic acid groups (broad SMARTS) is 1. The molecule has 0 saturated heterocycles. The summed E-state index contributed by atoms with van der Waals surface area (Å²) >= 11 is 0. The van der Waals surface area contributed by atoms with Crippen LogP contribution < -0.4 is 4.74 Å². The van der Waals surface area contributed by atoms with E-state index in [0.717, 1.165) is 5.52 Å². The van der Waals surface area contributed by atoms with Crippen molar-refractivity contribution in [1.29, 1.82) is 0 Å². The van der Waals surface area contributed by atoms with Gasteiger partial charge in [-0.3, -0.25) is 0 Å². The number of aromatic nitrogens is 1. The first-order chi connectivity index (χ1) is 15.9. The summed E-state index contributed by atoms with van der Waals surface area (Å²) in [5.41, 5.74) is -1.83. The fourth-order valence-corrected chi connectivity index (χ4v) is 3.21. The van der Waals surface area contributed by atoms with Gasteiger partial charge < -0.3 is 19.2 Å². The predicted octanol–water partition coefficient (Wildman–Crippen LogP) is 5.71. The maximum atomic E-state index is 13.1. The van der Waals surface area contributed by atoms with Gasteiger partial charge in [-0.2, -0.15) is 26.3 Å². The molecular weight excluding hydrogens is 470 g/mol. The van der Waals surface area contributed by atoms with E-state index in [9.17, 15) is 31.1 Å². The second kappa shape index (κ2) is 9.65. The summed E-state index contributed by atoms with van der Waals surface area (Å²) in [6.07, 6.45) is -6.88. The van der Waals surface area contributed by atoms with E-state index in [2.05, 4.69) is 9.99 Å². The fourth-order valence-electron chi connectivity index (χ4n) is 3.21. The van der Waals surface area contributed by atoms with Gasteiger partial charge in [-0.15, -0.1) is 0 Å². The topological polar surface area (TPSA) is 73.1 Å². The van der Waals surface area contributed by atoms with E-state index in [1.54, 1.807) is 18.3 Å². The molecule has 3 aromatic rings. The van der Waals surface area contributed by atoms with Crippen LogP contribution in [0.15, 0.2) is 47.8 Å². The average Bonchev–Trinajstić information content (AvgIpc) is 3.11. The van der Waals surface area contributed by atoms with Crippen LogP contribution >= 0.6 is 0 Å². The van der Waals surface area contributed by atoms with Gasteiger partial charge in [-0.1, -0.05) is 5.16 Å². The van der Waals surface area contributed by atoms with E-state index in [1.807, 2.05) is 11.5 Å². The fraction of sp³-hybridized carbons (Fsp3) is 0.273. The van der Waals surface area contributed by atoms with Crippen molar-refractivity contribution in [2.45, 2.75) is 32.4 Å². The van der Waals surface area contributed by atoms with Crippen LogP contribution in [0.25, 0.3) is 10.9 Å². The van der Waals surface area contributed by atoms with E-state index in [0.29, 0.717) is 29.6 Å². The zero-order valence-corrected chi connectivity index (χ0v) is 17.6. The number of carboxylic acids is 1. The van der Waals surface area contributed by atoms with Crippen LogP contribution in [0.3, 0.4) is 0 Å². The van der Waals surface area contributed by atoms with Gasteiger partial charge in [-0.25, -0.2) is 4.79 Å². The normalized spacial score (nSPS) is 12.4. The molecule has 0 atom stereocenters. The van der Waals surface area contributed by atoms with Crippen LogP contribution in [0.4, 0.5) is 26.3 Å². The lowest BCUT2D eigenvalue weighted by atomic mass is 10.1. The molecule has 0 aliphatic carbocycles. The summed E-state index contributed by atoms with van der Waals surface area (Å²) in [5, 5.41) is 12.8. The quantitative estimate of drug-likeness (QED) is 0.250. The Kier molecular flexibility index (Phi) is 7.08. The molecule has 0 spiro atoms. The maximum absolute atomic E-state index is 13.1. The summed E-state index contributed by atoms with van der Waals surface area (Å²) in [4.78, 5) is 15.2. The highest BCUT2D eigenvalue weighted by atomic mass is 19.4. The predicted molar refractivity (Wildman–Crippen MR) is 110 cm³/mol. The lowest BCUT2D eigenvalue weighted by molar-refractivity contribution is -0.144. The molecule has 182 valence electrons. The molecule has 0 aliphatic rings. The lowest BCUT2D eigenvalue weighted by Gasteiger charge is -2.15. The summed E-state index contributed by atoms with van der Waals surface area (Å²) in [6.45, 7) is 1.31. The lowest BCUT2D eigenvalue weighted by Crippen LogP contribution is -2.12. The molecule has 0 unspecified atom stereocenters. The Morgan fingerprint density at radius 3 is 2.26 bits per heavy atom. The zero-order valence-electron chi connectivity index (χ0n) is 17.6. The molecule has 6 nitrogen and oxygen atoms in total. The van der Waals surface area contributed by atoms with Crippen LogP contribution in [0.5, 0.6) is 5.75 Å². The van der Waals surface area contributed by atoms with Gasteiger partial charge in [0.1, 0.15) is 12.4 Å². The van der Waals surface area contributed by atoms with E-state index >= 15 is 0 Å². The van der Waals surface area contributed by atoms with Gasteiger partial charge in [0.25, 0.3) is 0 Å². The van der Waals surface area contributed by atoms with E-state index in [-0.39, 0.29) is 17.4 Å². The van der Waals surface area contributed by atoms with Gasteiger partial charge in [0.15, 0.2) is 0 Å². The van der Waals surface area contributed by atoms with Crippen LogP contribution in [-0.4, -0.2) is 28.5 Å². The molecule has 0 bridgehead atoms. The van der Waals surface area contributed by atoms with Crippen LogP contribution in [0.1, 0.15) is 29.2 Å². The van der Waals surface area contributed by atoms with Crippen LogP contribution in [0.2, 0.25) is 0 Å². The first-order valence-corrected chi connectivity index (χ1v) is 9.79. The number of benzene rings is 2. The SMILES string of the molecule is CCn1cc(C=NOCC(=O)O)c2cc(OCc3cc(C(F)(F)F)cc(C(F)(F)F)c3)ccc21. The highest BCUT2D eigenvalue weighted by Gasteiger charge is 2.36. The van der Waals surface area contributed by atoms with Crippen molar-refractivity contribution < 1.29 is 45.8 Å². The van der Waals surface area contributed by atoms with Gasteiger partial charge in [0, 0.05) is 29.2 Å². The van der Waals surface area contributed by atoms with E-state index in [1.165, 1.54) is 12.3 Å². The monoisotopic (exact) mass is 488 g/mol. The molecule has 2 aromatic carbocycles. The Morgan fingerprint density at radius 1 is 1.06 bits per heavy atom. The third kappa shape index (κ3) is 6.00.